The molecule has 0 saturated carbocycles. The minimum absolute atomic E-state index is 0.00671. The van der Waals surface area contributed by atoms with Crippen LogP contribution in [-0.4, -0.2) is 11.4 Å². The van der Waals surface area contributed by atoms with Crippen molar-refractivity contribution in [1.82, 2.24) is 5.32 Å². The van der Waals surface area contributed by atoms with Crippen LogP contribution < -0.4 is 5.32 Å². The maximum Gasteiger partial charge on any atom is 0.251 e. The summed E-state index contributed by atoms with van der Waals surface area (Å²) < 4.78 is 5.39. The second-order valence-electron chi connectivity index (χ2n) is 5.36. The highest BCUT2D eigenvalue weighted by atomic mass is 16.3. The lowest BCUT2D eigenvalue weighted by Crippen LogP contribution is -2.49. The van der Waals surface area contributed by atoms with Gasteiger partial charge in [0.25, 0.3) is 5.91 Å². The zero-order valence-corrected chi connectivity index (χ0v) is 10.5. The fourth-order valence-electron chi connectivity index (χ4n) is 2.45. The molecule has 1 aliphatic heterocycles. The molecule has 1 amide bonds. The third-order valence-corrected chi connectivity index (χ3v) is 3.24. The molecular weight excluding hydrogens is 226 g/mol. The van der Waals surface area contributed by atoms with E-state index in [4.69, 9.17) is 4.42 Å². The highest BCUT2D eigenvalue weighted by Gasteiger charge is 2.29. The minimum Gasteiger partial charge on any atom is -0.464 e. The number of carbonyl (C=O) groups excluding carboxylic acids is 1. The average molecular weight is 241 g/mol. The lowest BCUT2D eigenvalue weighted by atomic mass is 9.86. The summed E-state index contributed by atoms with van der Waals surface area (Å²) in [5.41, 5.74) is 2.68. The average Bonchev–Trinajstić information content (AvgIpc) is 2.79. The van der Waals surface area contributed by atoms with Crippen molar-refractivity contribution in [2.75, 3.05) is 0 Å². The second-order valence-corrected chi connectivity index (χ2v) is 5.36. The van der Waals surface area contributed by atoms with E-state index in [-0.39, 0.29) is 11.4 Å². The highest BCUT2D eigenvalue weighted by molar-refractivity contribution is 5.98. The van der Waals surface area contributed by atoms with Gasteiger partial charge in [-0.05, 0) is 50.1 Å². The van der Waals surface area contributed by atoms with Gasteiger partial charge >= 0.3 is 0 Å². The molecule has 0 unspecified atom stereocenters. The number of nitrogens with one attached hydrogen (secondary N) is 1. The lowest BCUT2D eigenvalue weighted by Gasteiger charge is -2.32. The molecule has 1 N–H and O–H groups in total. The Balaban J connectivity index is 2.08. The van der Waals surface area contributed by atoms with E-state index in [0.29, 0.717) is 0 Å². The van der Waals surface area contributed by atoms with Gasteiger partial charge in [0.2, 0.25) is 0 Å². The number of benzene rings is 1. The first-order valence-electron chi connectivity index (χ1n) is 6.04. The molecule has 0 fully saturated rings. The summed E-state index contributed by atoms with van der Waals surface area (Å²) in [7, 11) is 0. The van der Waals surface area contributed by atoms with Crippen LogP contribution in [0.3, 0.4) is 0 Å². The molecule has 0 aliphatic carbocycles. The van der Waals surface area contributed by atoms with Crippen molar-refractivity contribution >= 4 is 5.91 Å². The van der Waals surface area contributed by atoms with E-state index in [2.05, 4.69) is 11.4 Å². The first-order chi connectivity index (χ1) is 8.55. The molecule has 0 radical (unpaired) electrons. The van der Waals surface area contributed by atoms with Crippen LogP contribution in [0.25, 0.3) is 11.3 Å². The molecule has 3 heteroatoms. The number of fused-ring (bicyclic) bond motifs is 1. The monoisotopic (exact) mass is 241 g/mol. The fraction of sp³-hybridized carbons (Fsp3) is 0.267. The summed E-state index contributed by atoms with van der Waals surface area (Å²) in [6, 6.07) is 9.64. The Morgan fingerprint density at radius 1 is 1.28 bits per heavy atom. The van der Waals surface area contributed by atoms with Gasteiger partial charge < -0.3 is 9.73 Å². The Hall–Kier alpha value is -2.03. The molecule has 2 heterocycles. The molecule has 92 valence electrons. The summed E-state index contributed by atoms with van der Waals surface area (Å²) in [6.45, 7) is 4.07. The molecule has 1 aromatic carbocycles. The van der Waals surface area contributed by atoms with Crippen LogP contribution in [0.5, 0.6) is 0 Å². The van der Waals surface area contributed by atoms with Crippen molar-refractivity contribution in [3.63, 3.8) is 0 Å². The topological polar surface area (TPSA) is 42.2 Å². The fourth-order valence-corrected chi connectivity index (χ4v) is 2.45. The van der Waals surface area contributed by atoms with Crippen LogP contribution in [0.1, 0.15) is 29.8 Å². The van der Waals surface area contributed by atoms with Gasteiger partial charge in [0.15, 0.2) is 0 Å². The van der Waals surface area contributed by atoms with Crippen LogP contribution >= 0.6 is 0 Å². The minimum atomic E-state index is -0.189. The molecule has 0 bridgehead atoms. The zero-order valence-electron chi connectivity index (χ0n) is 10.5. The number of amides is 1. The van der Waals surface area contributed by atoms with Crippen molar-refractivity contribution in [2.24, 2.45) is 0 Å². The largest absolute Gasteiger partial charge is 0.464 e. The van der Waals surface area contributed by atoms with E-state index in [1.54, 1.807) is 6.26 Å². The lowest BCUT2D eigenvalue weighted by molar-refractivity contribution is 0.0897. The number of carbonyl (C=O) groups is 1. The maximum atomic E-state index is 12.0. The first-order valence-corrected chi connectivity index (χ1v) is 6.04. The van der Waals surface area contributed by atoms with Crippen LogP contribution in [0, 0.1) is 0 Å². The maximum absolute atomic E-state index is 12.0. The number of hydrogen-bond acceptors (Lipinski definition) is 2. The number of rotatable bonds is 1. The Labute approximate surface area is 106 Å². The summed E-state index contributed by atoms with van der Waals surface area (Å²) in [5.74, 6) is 0.842. The number of furan rings is 1. The van der Waals surface area contributed by atoms with E-state index in [1.165, 1.54) is 0 Å². The standard InChI is InChI=1S/C15H15NO2/c1-15(2)9-11-8-10(13-4-3-7-18-13)5-6-12(11)14(17)16-15/h3-8H,9H2,1-2H3,(H,16,17). The van der Waals surface area contributed by atoms with E-state index in [9.17, 15) is 4.79 Å². The van der Waals surface area contributed by atoms with Gasteiger partial charge in [-0.25, -0.2) is 0 Å². The molecule has 0 saturated heterocycles. The first kappa shape index (κ1) is 11.1. The predicted octanol–water partition coefficient (Wildman–Crippen LogP) is 3.01. The third-order valence-electron chi connectivity index (χ3n) is 3.24. The van der Waals surface area contributed by atoms with E-state index in [0.717, 1.165) is 28.9 Å². The number of hydrogen-bond donors (Lipinski definition) is 1. The van der Waals surface area contributed by atoms with E-state index >= 15 is 0 Å². The smallest absolute Gasteiger partial charge is 0.251 e. The zero-order chi connectivity index (χ0) is 12.8. The summed E-state index contributed by atoms with van der Waals surface area (Å²) in [5, 5.41) is 3.00. The van der Waals surface area contributed by atoms with E-state index < -0.39 is 0 Å². The molecule has 1 aliphatic rings. The van der Waals surface area contributed by atoms with Crippen molar-refractivity contribution in [3.05, 3.63) is 47.7 Å². The third kappa shape index (κ3) is 1.82. The normalized spacial score (nSPS) is 17.1. The van der Waals surface area contributed by atoms with Gasteiger partial charge in [-0.15, -0.1) is 0 Å². The van der Waals surface area contributed by atoms with Crippen LogP contribution in [0.4, 0.5) is 0 Å². The molecule has 0 atom stereocenters. The Bertz CT molecular complexity index is 597. The van der Waals surface area contributed by atoms with Crippen molar-refractivity contribution in [3.8, 4) is 11.3 Å². The second kappa shape index (κ2) is 3.73. The highest BCUT2D eigenvalue weighted by Crippen LogP contribution is 2.28. The summed E-state index contributed by atoms with van der Waals surface area (Å²) in [6.07, 6.45) is 2.49. The predicted molar refractivity (Wildman–Crippen MR) is 69.4 cm³/mol. The Morgan fingerprint density at radius 2 is 2.11 bits per heavy atom. The molecule has 2 aromatic rings. The summed E-state index contributed by atoms with van der Waals surface area (Å²) >= 11 is 0. The summed E-state index contributed by atoms with van der Waals surface area (Å²) in [4.78, 5) is 12.0. The quantitative estimate of drug-likeness (QED) is 0.834. The van der Waals surface area contributed by atoms with E-state index in [1.807, 2.05) is 38.1 Å². The van der Waals surface area contributed by atoms with Crippen LogP contribution in [0.15, 0.2) is 41.0 Å². The van der Waals surface area contributed by atoms with Gasteiger partial charge in [-0.1, -0.05) is 6.07 Å². The van der Waals surface area contributed by atoms with Gasteiger partial charge in [0.05, 0.1) is 6.26 Å². The van der Waals surface area contributed by atoms with Gasteiger partial charge in [-0.3, -0.25) is 4.79 Å². The van der Waals surface area contributed by atoms with Crippen LogP contribution in [0.2, 0.25) is 0 Å². The van der Waals surface area contributed by atoms with Crippen molar-refractivity contribution in [2.45, 2.75) is 25.8 Å². The van der Waals surface area contributed by atoms with Crippen molar-refractivity contribution < 1.29 is 9.21 Å². The SMILES string of the molecule is CC1(C)Cc2cc(-c3ccco3)ccc2C(=O)N1. The van der Waals surface area contributed by atoms with Gasteiger partial charge in [0, 0.05) is 16.7 Å². The Morgan fingerprint density at radius 3 is 2.83 bits per heavy atom. The molecular formula is C15H15NO2. The molecule has 18 heavy (non-hydrogen) atoms. The van der Waals surface area contributed by atoms with Gasteiger partial charge in [0.1, 0.15) is 5.76 Å². The molecule has 0 spiro atoms. The van der Waals surface area contributed by atoms with Crippen LogP contribution in [-0.2, 0) is 6.42 Å². The Kier molecular flexibility index (Phi) is 2.30. The molecule has 1 aromatic heterocycles. The van der Waals surface area contributed by atoms with Crippen molar-refractivity contribution in [1.29, 1.82) is 0 Å². The molecule has 3 rings (SSSR count). The molecule has 3 nitrogen and oxygen atoms in total. The van der Waals surface area contributed by atoms with Gasteiger partial charge in [-0.2, -0.15) is 0 Å².